The van der Waals surface area contributed by atoms with Crippen LogP contribution in [0.3, 0.4) is 0 Å². The predicted molar refractivity (Wildman–Crippen MR) is 112 cm³/mol. The van der Waals surface area contributed by atoms with Crippen LogP contribution in [0.5, 0.6) is 0 Å². The average molecular weight is 410 g/mol. The van der Waals surface area contributed by atoms with Gasteiger partial charge in [0.05, 0.1) is 18.1 Å². The van der Waals surface area contributed by atoms with Crippen molar-refractivity contribution in [3.8, 4) is 0 Å². The number of amides is 2. The van der Waals surface area contributed by atoms with Gasteiger partial charge in [0.2, 0.25) is 5.91 Å². The van der Waals surface area contributed by atoms with Crippen LogP contribution >= 0.6 is 0 Å². The van der Waals surface area contributed by atoms with Crippen molar-refractivity contribution < 1.29 is 14.3 Å². The van der Waals surface area contributed by atoms with E-state index in [2.05, 4.69) is 25.9 Å². The van der Waals surface area contributed by atoms with Crippen LogP contribution in [0, 0.1) is 0 Å². The minimum Gasteiger partial charge on any atom is -0.446 e. The Bertz CT molecular complexity index is 1060. The number of nitrogens with zero attached hydrogens (tertiary/aromatic N) is 3. The maximum Gasteiger partial charge on any atom is 0.407 e. The van der Waals surface area contributed by atoms with Gasteiger partial charge in [-0.05, 0) is 43.9 Å². The number of aromatic amines is 1. The number of alkyl carbamates (subject to hydrolysis) is 1. The fraction of sp³-hybridized carbons (Fsp3) is 0.429. The maximum atomic E-state index is 12.4. The fourth-order valence-corrected chi connectivity index (χ4v) is 3.97. The van der Waals surface area contributed by atoms with E-state index in [9.17, 15) is 9.59 Å². The van der Waals surface area contributed by atoms with Gasteiger partial charge in [0.25, 0.3) is 0 Å². The third-order valence-corrected chi connectivity index (χ3v) is 5.46. The quantitative estimate of drug-likeness (QED) is 0.578. The first kappa shape index (κ1) is 19.9. The summed E-state index contributed by atoms with van der Waals surface area (Å²) in [6.45, 7) is 2.41. The van der Waals surface area contributed by atoms with Crippen LogP contribution in [-0.4, -0.2) is 44.6 Å². The van der Waals surface area contributed by atoms with Gasteiger partial charge in [0, 0.05) is 36.7 Å². The normalized spacial score (nSPS) is 18.5. The summed E-state index contributed by atoms with van der Waals surface area (Å²) in [7, 11) is 1.89. The van der Waals surface area contributed by atoms with Gasteiger partial charge >= 0.3 is 6.09 Å². The van der Waals surface area contributed by atoms with Gasteiger partial charge in [0.15, 0.2) is 5.82 Å². The van der Waals surface area contributed by atoms with Crippen LogP contribution in [-0.2, 0) is 23.0 Å². The SMILES string of the molecule is CCNC(=O)OC1CCC(c2cc(NC(=O)Cc3ccc4c(cnn4C)c3)n[nH]2)C1. The Balaban J connectivity index is 1.31. The highest BCUT2D eigenvalue weighted by Crippen LogP contribution is 2.35. The van der Waals surface area contributed by atoms with Crippen LogP contribution in [0.25, 0.3) is 10.9 Å². The van der Waals surface area contributed by atoms with Crippen LogP contribution in [0.4, 0.5) is 10.6 Å². The molecule has 2 unspecified atom stereocenters. The number of hydrogen-bond acceptors (Lipinski definition) is 5. The standard InChI is InChI=1S/C21H26N6O3/c1-3-22-21(29)30-16-6-5-14(10-16)17-11-19(26-25-17)24-20(28)9-13-4-7-18-15(8-13)12-23-27(18)2/h4,7-8,11-12,14,16H,3,5-6,9-10H2,1-2H3,(H,22,29)(H2,24,25,26,28). The van der Waals surface area contributed by atoms with E-state index in [1.54, 1.807) is 10.9 Å². The number of aryl methyl sites for hydroxylation is 1. The summed E-state index contributed by atoms with van der Waals surface area (Å²) in [5.41, 5.74) is 2.90. The van der Waals surface area contributed by atoms with Gasteiger partial charge in [-0.25, -0.2) is 4.79 Å². The Morgan fingerprint density at radius 2 is 2.17 bits per heavy atom. The first-order valence-electron chi connectivity index (χ1n) is 10.2. The molecule has 2 heterocycles. The molecule has 0 spiro atoms. The first-order valence-corrected chi connectivity index (χ1v) is 10.2. The molecule has 2 atom stereocenters. The molecule has 4 rings (SSSR count). The fourth-order valence-electron chi connectivity index (χ4n) is 3.97. The van der Waals surface area contributed by atoms with Gasteiger partial charge in [-0.1, -0.05) is 6.07 Å². The number of benzene rings is 1. The zero-order valence-corrected chi connectivity index (χ0v) is 17.1. The number of carbonyl (C=O) groups excluding carboxylic acids is 2. The molecule has 1 saturated carbocycles. The topological polar surface area (TPSA) is 114 Å². The summed E-state index contributed by atoms with van der Waals surface area (Å²) in [5.74, 6) is 0.612. The third kappa shape index (κ3) is 4.45. The lowest BCUT2D eigenvalue weighted by Crippen LogP contribution is -2.27. The second-order valence-electron chi connectivity index (χ2n) is 7.66. The summed E-state index contributed by atoms with van der Waals surface area (Å²) in [5, 5.41) is 18.0. The Hall–Kier alpha value is -3.36. The molecule has 1 fully saturated rings. The van der Waals surface area contributed by atoms with Crippen LogP contribution in [0.1, 0.15) is 43.4 Å². The van der Waals surface area contributed by atoms with E-state index in [-0.39, 0.29) is 30.4 Å². The van der Waals surface area contributed by atoms with Crippen molar-refractivity contribution in [3.05, 3.63) is 41.7 Å². The molecule has 30 heavy (non-hydrogen) atoms. The summed E-state index contributed by atoms with van der Waals surface area (Å²) in [4.78, 5) is 24.0. The molecule has 0 aliphatic heterocycles. The van der Waals surface area contributed by atoms with Gasteiger partial charge in [-0.15, -0.1) is 0 Å². The number of ether oxygens (including phenoxy) is 1. The molecular weight excluding hydrogens is 384 g/mol. The maximum absolute atomic E-state index is 12.4. The van der Waals surface area contributed by atoms with E-state index in [1.807, 2.05) is 38.2 Å². The van der Waals surface area contributed by atoms with Crippen molar-refractivity contribution >= 4 is 28.7 Å². The van der Waals surface area contributed by atoms with Crippen LogP contribution < -0.4 is 10.6 Å². The molecule has 1 aliphatic carbocycles. The molecule has 9 nitrogen and oxygen atoms in total. The van der Waals surface area contributed by atoms with Gasteiger partial charge < -0.3 is 15.4 Å². The lowest BCUT2D eigenvalue weighted by atomic mass is 10.0. The summed E-state index contributed by atoms with van der Waals surface area (Å²) in [6.07, 6.45) is 4.07. The van der Waals surface area contributed by atoms with Gasteiger partial charge in [-0.3, -0.25) is 14.6 Å². The number of anilines is 1. The lowest BCUT2D eigenvalue weighted by Gasteiger charge is -2.12. The first-order chi connectivity index (χ1) is 14.5. The number of carbonyl (C=O) groups is 2. The Kier molecular flexibility index (Phi) is 5.69. The minimum absolute atomic E-state index is 0.0923. The highest BCUT2D eigenvalue weighted by molar-refractivity contribution is 5.92. The van der Waals surface area contributed by atoms with Crippen LogP contribution in [0.2, 0.25) is 0 Å². The van der Waals surface area contributed by atoms with E-state index in [1.165, 1.54) is 0 Å². The molecule has 2 amide bonds. The van der Waals surface area contributed by atoms with Crippen molar-refractivity contribution in [1.82, 2.24) is 25.3 Å². The number of aromatic nitrogens is 4. The van der Waals surface area contributed by atoms with Gasteiger partial charge in [-0.2, -0.15) is 10.2 Å². The minimum atomic E-state index is -0.370. The Morgan fingerprint density at radius 3 is 3.00 bits per heavy atom. The molecule has 0 saturated heterocycles. The van der Waals surface area contributed by atoms with Crippen LogP contribution in [0.15, 0.2) is 30.5 Å². The van der Waals surface area contributed by atoms with E-state index in [4.69, 9.17) is 4.74 Å². The Labute approximate surface area is 174 Å². The third-order valence-electron chi connectivity index (χ3n) is 5.46. The van der Waals surface area contributed by atoms with E-state index >= 15 is 0 Å². The number of rotatable bonds is 6. The molecule has 0 bridgehead atoms. The molecule has 158 valence electrons. The van der Waals surface area contributed by atoms with Crippen molar-refractivity contribution in [2.24, 2.45) is 7.05 Å². The Morgan fingerprint density at radius 1 is 1.30 bits per heavy atom. The average Bonchev–Trinajstić information content (AvgIpc) is 3.43. The monoisotopic (exact) mass is 410 g/mol. The number of H-pyrrole nitrogens is 1. The summed E-state index contributed by atoms with van der Waals surface area (Å²) >= 11 is 0. The predicted octanol–water partition coefficient (Wildman–Crippen LogP) is 2.86. The van der Waals surface area contributed by atoms with E-state index in [0.29, 0.717) is 12.4 Å². The number of nitrogens with one attached hydrogen (secondary N) is 3. The zero-order chi connectivity index (χ0) is 21.1. The van der Waals surface area contributed by atoms with Crippen molar-refractivity contribution in [1.29, 1.82) is 0 Å². The van der Waals surface area contributed by atoms with E-state index < -0.39 is 0 Å². The largest absolute Gasteiger partial charge is 0.446 e. The van der Waals surface area contributed by atoms with Crippen molar-refractivity contribution in [2.75, 3.05) is 11.9 Å². The summed E-state index contributed by atoms with van der Waals surface area (Å²) < 4.78 is 7.22. The second kappa shape index (κ2) is 8.56. The molecule has 2 aromatic heterocycles. The van der Waals surface area contributed by atoms with Crippen molar-refractivity contribution in [2.45, 2.75) is 44.6 Å². The lowest BCUT2D eigenvalue weighted by molar-refractivity contribution is -0.115. The molecule has 9 heteroatoms. The number of fused-ring (bicyclic) bond motifs is 1. The zero-order valence-electron chi connectivity index (χ0n) is 17.1. The number of hydrogen-bond donors (Lipinski definition) is 3. The molecule has 0 radical (unpaired) electrons. The molecule has 3 aromatic rings. The molecule has 3 N–H and O–H groups in total. The molecule has 1 aromatic carbocycles. The highest BCUT2D eigenvalue weighted by Gasteiger charge is 2.29. The molecule has 1 aliphatic rings. The van der Waals surface area contributed by atoms with E-state index in [0.717, 1.165) is 41.4 Å². The smallest absolute Gasteiger partial charge is 0.407 e. The molecular formula is C21H26N6O3. The van der Waals surface area contributed by atoms with Crippen molar-refractivity contribution in [3.63, 3.8) is 0 Å². The summed E-state index contributed by atoms with van der Waals surface area (Å²) in [6, 6.07) is 7.75. The second-order valence-corrected chi connectivity index (χ2v) is 7.66. The van der Waals surface area contributed by atoms with Gasteiger partial charge in [0.1, 0.15) is 6.10 Å². The highest BCUT2D eigenvalue weighted by atomic mass is 16.6.